The van der Waals surface area contributed by atoms with E-state index < -0.39 is 17.7 Å². The number of anilines is 1. The van der Waals surface area contributed by atoms with E-state index in [-0.39, 0.29) is 17.0 Å². The highest BCUT2D eigenvalue weighted by Crippen LogP contribution is 2.45. The molecule has 9 heteroatoms. The van der Waals surface area contributed by atoms with E-state index in [0.717, 1.165) is 26.9 Å². The van der Waals surface area contributed by atoms with Gasteiger partial charge in [-0.05, 0) is 74.2 Å². The van der Waals surface area contributed by atoms with E-state index in [0.29, 0.717) is 27.1 Å². The van der Waals surface area contributed by atoms with Crippen LogP contribution in [0.4, 0.5) is 5.13 Å². The molecule has 4 heterocycles. The molecule has 1 aliphatic heterocycles. The van der Waals surface area contributed by atoms with E-state index in [4.69, 9.17) is 16.6 Å². The van der Waals surface area contributed by atoms with Crippen LogP contribution in [0.1, 0.15) is 39.7 Å². The van der Waals surface area contributed by atoms with Gasteiger partial charge < -0.3 is 9.51 Å². The number of aliphatic hydroxyl groups is 1. The number of aryl methyl sites for hydroxylation is 4. The lowest BCUT2D eigenvalue weighted by atomic mass is 9.96. The summed E-state index contributed by atoms with van der Waals surface area (Å²) in [7, 11) is 0. The zero-order valence-electron chi connectivity index (χ0n) is 21.1. The molecule has 1 fully saturated rings. The first-order valence-corrected chi connectivity index (χ1v) is 13.2. The number of carbonyl (C=O) groups is 2. The molecule has 0 radical (unpaired) electrons. The van der Waals surface area contributed by atoms with Gasteiger partial charge in [0.05, 0.1) is 27.5 Å². The van der Waals surface area contributed by atoms with Crippen LogP contribution in [0, 0.1) is 27.7 Å². The fourth-order valence-corrected chi connectivity index (χ4v) is 6.52. The molecule has 3 aromatic heterocycles. The van der Waals surface area contributed by atoms with Gasteiger partial charge in [-0.25, -0.2) is 9.97 Å². The molecule has 2 aromatic carbocycles. The lowest BCUT2D eigenvalue weighted by molar-refractivity contribution is -0.132. The summed E-state index contributed by atoms with van der Waals surface area (Å²) in [5.41, 5.74) is 5.86. The van der Waals surface area contributed by atoms with Crippen LogP contribution in [0.15, 0.2) is 60.3 Å². The Kier molecular flexibility index (Phi) is 5.63. The van der Waals surface area contributed by atoms with Crippen molar-refractivity contribution in [3.05, 3.63) is 99.0 Å². The maximum atomic E-state index is 13.6. The van der Waals surface area contributed by atoms with Crippen LogP contribution in [0.5, 0.6) is 0 Å². The molecule has 1 aliphatic rings. The van der Waals surface area contributed by atoms with E-state index in [9.17, 15) is 14.7 Å². The van der Waals surface area contributed by atoms with Gasteiger partial charge in [-0.2, -0.15) is 0 Å². The van der Waals surface area contributed by atoms with Crippen molar-refractivity contribution in [1.29, 1.82) is 0 Å². The summed E-state index contributed by atoms with van der Waals surface area (Å²) >= 11 is 7.67. The molecular formula is C29H23ClN4O3S. The standard InChI is InChI=1S/C29H23ClN4O3S/c1-14-11-16(3)22-20(12-14)38-29(32-22)34-24(18-8-5-9-19(30)13-18)21(26(36)28(34)37)25(35)23-17(4)33-10-6-7-15(2)27(33)31-23/h5-13,24,35H,1-4H3/b25-21+. The third kappa shape index (κ3) is 3.63. The van der Waals surface area contributed by atoms with Gasteiger partial charge in [-0.3, -0.25) is 14.5 Å². The number of hydrogen-bond donors (Lipinski definition) is 1. The predicted octanol–water partition coefficient (Wildman–Crippen LogP) is 6.46. The molecule has 0 saturated carbocycles. The highest BCUT2D eigenvalue weighted by molar-refractivity contribution is 7.22. The van der Waals surface area contributed by atoms with Gasteiger partial charge in [0.2, 0.25) is 0 Å². The molecule has 0 aliphatic carbocycles. The largest absolute Gasteiger partial charge is 0.505 e. The number of nitrogens with zero attached hydrogens (tertiary/aromatic N) is 4. The number of aromatic nitrogens is 3. The summed E-state index contributed by atoms with van der Waals surface area (Å²) in [6.45, 7) is 7.71. The molecule has 1 atom stereocenters. The number of benzene rings is 2. The van der Waals surface area contributed by atoms with Crippen molar-refractivity contribution in [2.75, 3.05) is 4.90 Å². The van der Waals surface area contributed by atoms with Gasteiger partial charge in [0.15, 0.2) is 10.9 Å². The normalized spacial score (nSPS) is 17.3. The van der Waals surface area contributed by atoms with Crippen LogP contribution in [0.3, 0.4) is 0 Å². The second kappa shape index (κ2) is 8.79. The lowest BCUT2D eigenvalue weighted by Crippen LogP contribution is -2.29. The number of halogens is 1. The summed E-state index contributed by atoms with van der Waals surface area (Å²) < 4.78 is 2.77. The Labute approximate surface area is 227 Å². The van der Waals surface area contributed by atoms with Gasteiger partial charge in [-0.1, -0.05) is 47.2 Å². The Morgan fingerprint density at radius 3 is 2.53 bits per heavy atom. The number of amides is 1. The first-order chi connectivity index (χ1) is 18.2. The molecule has 7 nitrogen and oxygen atoms in total. The van der Waals surface area contributed by atoms with Crippen molar-refractivity contribution >= 4 is 61.4 Å². The molecule has 1 amide bonds. The second-order valence-corrected chi connectivity index (χ2v) is 11.0. The third-order valence-electron chi connectivity index (χ3n) is 6.94. The van der Waals surface area contributed by atoms with Crippen LogP contribution >= 0.6 is 22.9 Å². The fourth-order valence-electron chi connectivity index (χ4n) is 5.16. The molecule has 1 saturated heterocycles. The average Bonchev–Trinajstić information content (AvgIpc) is 3.52. The van der Waals surface area contributed by atoms with Gasteiger partial charge >= 0.3 is 5.91 Å². The molecule has 1 unspecified atom stereocenters. The van der Waals surface area contributed by atoms with Crippen LogP contribution in [0.2, 0.25) is 5.02 Å². The van der Waals surface area contributed by atoms with Crippen LogP contribution in [-0.2, 0) is 9.59 Å². The maximum absolute atomic E-state index is 13.6. The van der Waals surface area contributed by atoms with Gasteiger partial charge in [0.1, 0.15) is 11.3 Å². The van der Waals surface area contributed by atoms with E-state index in [1.54, 1.807) is 24.3 Å². The molecule has 190 valence electrons. The minimum atomic E-state index is -0.930. The number of thiazole rings is 1. The summed E-state index contributed by atoms with van der Waals surface area (Å²) in [6, 6.07) is 13.9. The summed E-state index contributed by atoms with van der Waals surface area (Å²) in [4.78, 5) is 38.0. The number of aliphatic hydroxyl groups excluding tert-OH is 1. The smallest absolute Gasteiger partial charge is 0.301 e. The Morgan fingerprint density at radius 2 is 1.79 bits per heavy atom. The highest BCUT2D eigenvalue weighted by Gasteiger charge is 2.48. The SMILES string of the molecule is Cc1cc(C)c2nc(N3C(=O)C(=O)/C(=C(/O)c4nc5c(C)cccn5c4C)C3c3cccc(Cl)c3)sc2c1. The molecule has 0 bridgehead atoms. The Bertz CT molecular complexity index is 1850. The van der Waals surface area contributed by atoms with Crippen molar-refractivity contribution in [3.8, 4) is 0 Å². The molecule has 6 rings (SSSR count). The van der Waals surface area contributed by atoms with E-state index in [1.165, 1.54) is 16.2 Å². The van der Waals surface area contributed by atoms with Crippen LogP contribution in [0.25, 0.3) is 21.6 Å². The number of fused-ring (bicyclic) bond motifs is 2. The quantitative estimate of drug-likeness (QED) is 0.161. The first-order valence-electron chi connectivity index (χ1n) is 12.0. The number of pyridine rings is 1. The van der Waals surface area contributed by atoms with E-state index in [1.807, 2.05) is 62.6 Å². The number of ketones is 1. The molecule has 1 N–H and O–H groups in total. The predicted molar refractivity (Wildman–Crippen MR) is 150 cm³/mol. The van der Waals surface area contributed by atoms with Gasteiger partial charge in [0.25, 0.3) is 5.78 Å². The number of hydrogen-bond acceptors (Lipinski definition) is 6. The zero-order valence-corrected chi connectivity index (χ0v) is 22.7. The number of Topliss-reactive ketones (excluding diaryl/α,β-unsaturated/α-hetero) is 1. The molecular weight excluding hydrogens is 520 g/mol. The topological polar surface area (TPSA) is 87.8 Å². The molecule has 38 heavy (non-hydrogen) atoms. The highest BCUT2D eigenvalue weighted by atomic mass is 35.5. The van der Waals surface area contributed by atoms with Crippen LogP contribution in [-0.4, -0.2) is 31.2 Å². The van der Waals surface area contributed by atoms with Crippen molar-refractivity contribution < 1.29 is 14.7 Å². The van der Waals surface area contributed by atoms with Crippen molar-refractivity contribution in [2.45, 2.75) is 33.7 Å². The number of carbonyl (C=O) groups excluding carboxylic acids is 2. The Hall–Kier alpha value is -4.01. The van der Waals surface area contributed by atoms with Crippen molar-refractivity contribution in [1.82, 2.24) is 14.4 Å². The van der Waals surface area contributed by atoms with E-state index >= 15 is 0 Å². The monoisotopic (exact) mass is 542 g/mol. The zero-order chi connectivity index (χ0) is 26.9. The maximum Gasteiger partial charge on any atom is 0.301 e. The Morgan fingerprint density at radius 1 is 1.00 bits per heavy atom. The number of rotatable bonds is 3. The summed E-state index contributed by atoms with van der Waals surface area (Å²) in [5, 5.41) is 12.4. The summed E-state index contributed by atoms with van der Waals surface area (Å²) in [6.07, 6.45) is 1.85. The van der Waals surface area contributed by atoms with Crippen molar-refractivity contribution in [3.63, 3.8) is 0 Å². The van der Waals surface area contributed by atoms with Crippen molar-refractivity contribution in [2.24, 2.45) is 0 Å². The third-order valence-corrected chi connectivity index (χ3v) is 8.18. The van der Waals surface area contributed by atoms with Crippen LogP contribution < -0.4 is 4.90 Å². The van der Waals surface area contributed by atoms with Gasteiger partial charge in [-0.15, -0.1) is 0 Å². The minimum absolute atomic E-state index is 0.0476. The Balaban J connectivity index is 1.61. The second-order valence-electron chi connectivity index (χ2n) is 9.58. The minimum Gasteiger partial charge on any atom is -0.505 e. The average molecular weight is 543 g/mol. The fraction of sp³-hybridized carbons (Fsp3) is 0.172. The number of imidazole rings is 1. The lowest BCUT2D eigenvalue weighted by Gasteiger charge is -2.23. The van der Waals surface area contributed by atoms with Gasteiger partial charge in [0, 0.05) is 11.2 Å². The molecule has 5 aromatic rings. The summed E-state index contributed by atoms with van der Waals surface area (Å²) in [5.74, 6) is -1.89. The first kappa shape index (κ1) is 24.3. The van der Waals surface area contributed by atoms with E-state index in [2.05, 4.69) is 4.98 Å². The molecule has 0 spiro atoms.